The molecule has 5 aromatic carbocycles. The van der Waals surface area contributed by atoms with Crippen LogP contribution >= 0.6 is 0 Å². The highest BCUT2D eigenvalue weighted by atomic mass is 16.6. The molecule has 0 fully saturated rings. The van der Waals surface area contributed by atoms with E-state index in [1.165, 1.54) is 24.3 Å². The Hall–Kier alpha value is -5.56. The summed E-state index contributed by atoms with van der Waals surface area (Å²) in [5, 5.41) is 23.1. The molecular weight excluding hydrogens is 506 g/mol. The maximum absolute atomic E-state index is 13.4. The summed E-state index contributed by atoms with van der Waals surface area (Å²) in [6.07, 6.45) is 0. The van der Waals surface area contributed by atoms with E-state index in [-0.39, 0.29) is 23.0 Å². The van der Waals surface area contributed by atoms with E-state index in [2.05, 4.69) is 5.32 Å². The SMILES string of the molecule is O=C(Nc1ccc2c(c1)C(=O)OC21c2ccc(O)cc2Oc2cc(O)ccc21)c1ccccc1-c1ccccc1. The molecule has 3 N–H and O–H groups in total. The molecule has 0 aromatic heterocycles. The number of hydrogen-bond donors (Lipinski definition) is 3. The van der Waals surface area contributed by atoms with Crippen LogP contribution in [0.1, 0.15) is 37.4 Å². The zero-order valence-electron chi connectivity index (χ0n) is 20.9. The third kappa shape index (κ3) is 3.52. The number of hydrogen-bond acceptors (Lipinski definition) is 6. The van der Waals surface area contributed by atoms with Crippen LogP contribution < -0.4 is 10.1 Å². The van der Waals surface area contributed by atoms with Crippen molar-refractivity contribution in [2.24, 2.45) is 0 Å². The van der Waals surface area contributed by atoms with Crippen molar-refractivity contribution in [2.75, 3.05) is 5.32 Å². The lowest BCUT2D eigenvalue weighted by molar-refractivity contribution is 0.0224. The van der Waals surface area contributed by atoms with Crippen molar-refractivity contribution < 1.29 is 29.3 Å². The van der Waals surface area contributed by atoms with Gasteiger partial charge in [-0.2, -0.15) is 0 Å². The van der Waals surface area contributed by atoms with Gasteiger partial charge in [0.1, 0.15) is 23.0 Å². The number of phenolic OH excluding ortho intramolecular Hbond substituents is 2. The van der Waals surface area contributed by atoms with E-state index in [9.17, 15) is 19.8 Å². The van der Waals surface area contributed by atoms with Gasteiger partial charge in [0.2, 0.25) is 0 Å². The Balaban J connectivity index is 1.31. The molecule has 7 heteroatoms. The molecule has 0 radical (unpaired) electrons. The van der Waals surface area contributed by atoms with E-state index in [0.29, 0.717) is 39.4 Å². The normalized spacial score (nSPS) is 13.9. The molecule has 0 saturated carbocycles. The van der Waals surface area contributed by atoms with Crippen LogP contribution in [0, 0.1) is 0 Å². The molecule has 2 heterocycles. The summed E-state index contributed by atoms with van der Waals surface area (Å²) in [6, 6.07) is 31.2. The topological polar surface area (TPSA) is 105 Å². The van der Waals surface area contributed by atoms with E-state index in [4.69, 9.17) is 9.47 Å². The van der Waals surface area contributed by atoms with Crippen molar-refractivity contribution in [2.45, 2.75) is 5.60 Å². The highest BCUT2D eigenvalue weighted by molar-refractivity contribution is 6.09. The number of amides is 1. The summed E-state index contributed by atoms with van der Waals surface area (Å²) in [5.41, 5.74) is 3.19. The van der Waals surface area contributed by atoms with Crippen molar-refractivity contribution in [1.29, 1.82) is 0 Å². The second-order valence-electron chi connectivity index (χ2n) is 9.66. The predicted molar refractivity (Wildman–Crippen MR) is 148 cm³/mol. The summed E-state index contributed by atoms with van der Waals surface area (Å²) in [7, 11) is 0. The minimum atomic E-state index is -1.36. The van der Waals surface area contributed by atoms with E-state index in [0.717, 1.165) is 11.1 Å². The number of phenols is 2. The zero-order valence-corrected chi connectivity index (χ0v) is 20.9. The lowest BCUT2D eigenvalue weighted by Gasteiger charge is -2.36. The number of ether oxygens (including phenoxy) is 2. The van der Waals surface area contributed by atoms with Gasteiger partial charge in [-0.05, 0) is 53.6 Å². The van der Waals surface area contributed by atoms with Crippen molar-refractivity contribution in [3.8, 4) is 34.1 Å². The molecule has 194 valence electrons. The highest BCUT2D eigenvalue weighted by Crippen LogP contribution is 2.57. The van der Waals surface area contributed by atoms with Gasteiger partial charge in [-0.15, -0.1) is 0 Å². The fraction of sp³-hybridized carbons (Fsp3) is 0.0303. The van der Waals surface area contributed by atoms with Gasteiger partial charge in [0, 0.05) is 40.1 Å². The molecule has 1 amide bonds. The van der Waals surface area contributed by atoms with Crippen molar-refractivity contribution in [3.63, 3.8) is 0 Å². The molecule has 7 nitrogen and oxygen atoms in total. The van der Waals surface area contributed by atoms with Crippen LogP contribution in [0.5, 0.6) is 23.0 Å². The molecule has 0 aliphatic carbocycles. The Morgan fingerprint density at radius 3 is 2.00 bits per heavy atom. The number of nitrogens with one attached hydrogen (secondary N) is 1. The molecule has 5 aromatic rings. The average molecular weight is 528 g/mol. The monoisotopic (exact) mass is 527 g/mol. The van der Waals surface area contributed by atoms with E-state index in [1.807, 2.05) is 42.5 Å². The fourth-order valence-electron chi connectivity index (χ4n) is 5.53. The minimum absolute atomic E-state index is 0.0177. The van der Waals surface area contributed by atoms with E-state index >= 15 is 0 Å². The number of carbonyl (C=O) groups excluding carboxylic acids is 2. The summed E-state index contributed by atoms with van der Waals surface area (Å²) in [6.45, 7) is 0. The van der Waals surface area contributed by atoms with Crippen LogP contribution in [0.15, 0.2) is 109 Å². The summed E-state index contributed by atoms with van der Waals surface area (Å²) in [5.74, 6) is -0.321. The van der Waals surface area contributed by atoms with Crippen LogP contribution in [-0.4, -0.2) is 22.1 Å². The van der Waals surface area contributed by atoms with Gasteiger partial charge >= 0.3 is 5.97 Å². The maximum atomic E-state index is 13.4. The fourth-order valence-corrected chi connectivity index (χ4v) is 5.53. The van der Waals surface area contributed by atoms with Gasteiger partial charge in [0.25, 0.3) is 5.91 Å². The standard InChI is InChI=1S/C33H21NO6/c35-21-11-14-27-29(17-21)39-30-18-22(36)12-15-28(30)33(27)26-13-10-20(16-25(26)32(38)40-33)34-31(37)24-9-5-4-8-23(24)19-6-2-1-3-7-19/h1-18,35-36H,(H,34,37). The first-order chi connectivity index (χ1) is 19.4. The Labute approximate surface area is 228 Å². The summed E-state index contributed by atoms with van der Waals surface area (Å²) >= 11 is 0. The molecule has 40 heavy (non-hydrogen) atoms. The molecule has 0 unspecified atom stereocenters. The second-order valence-corrected chi connectivity index (χ2v) is 9.66. The largest absolute Gasteiger partial charge is 0.508 e. The Bertz CT molecular complexity index is 1790. The number of rotatable bonds is 3. The quantitative estimate of drug-likeness (QED) is 0.229. The Morgan fingerprint density at radius 2 is 1.30 bits per heavy atom. The first-order valence-corrected chi connectivity index (χ1v) is 12.6. The molecule has 0 bridgehead atoms. The number of aromatic hydroxyl groups is 2. The van der Waals surface area contributed by atoms with Crippen LogP contribution in [-0.2, 0) is 10.3 Å². The van der Waals surface area contributed by atoms with Gasteiger partial charge in [-0.3, -0.25) is 4.79 Å². The van der Waals surface area contributed by atoms with Crippen LogP contribution in [0.2, 0.25) is 0 Å². The maximum Gasteiger partial charge on any atom is 0.340 e. The van der Waals surface area contributed by atoms with E-state index in [1.54, 1.807) is 42.5 Å². The lowest BCUT2D eigenvalue weighted by Crippen LogP contribution is -2.32. The van der Waals surface area contributed by atoms with Gasteiger partial charge in [0.15, 0.2) is 5.60 Å². The number of carbonyl (C=O) groups is 2. The third-order valence-corrected chi connectivity index (χ3v) is 7.29. The molecule has 0 atom stereocenters. The van der Waals surface area contributed by atoms with Gasteiger partial charge < -0.3 is 25.0 Å². The second kappa shape index (κ2) is 8.74. The van der Waals surface area contributed by atoms with Crippen molar-refractivity contribution in [1.82, 2.24) is 0 Å². The summed E-state index contributed by atoms with van der Waals surface area (Å²) < 4.78 is 12.1. The van der Waals surface area contributed by atoms with Crippen LogP contribution in [0.3, 0.4) is 0 Å². The molecule has 1 spiro atoms. The molecule has 0 saturated heterocycles. The average Bonchev–Trinajstić information content (AvgIpc) is 3.25. The first kappa shape index (κ1) is 23.5. The number of fused-ring (bicyclic) bond motifs is 6. The zero-order chi connectivity index (χ0) is 27.4. The Kier molecular flexibility index (Phi) is 5.15. The third-order valence-electron chi connectivity index (χ3n) is 7.29. The molecule has 2 aliphatic heterocycles. The van der Waals surface area contributed by atoms with E-state index < -0.39 is 11.6 Å². The summed E-state index contributed by atoms with van der Waals surface area (Å²) in [4.78, 5) is 26.8. The predicted octanol–water partition coefficient (Wildman–Crippen LogP) is 6.59. The van der Waals surface area contributed by atoms with Crippen LogP contribution in [0.4, 0.5) is 5.69 Å². The molecular formula is C33H21NO6. The smallest absolute Gasteiger partial charge is 0.340 e. The molecule has 7 rings (SSSR count). The number of anilines is 1. The minimum Gasteiger partial charge on any atom is -0.508 e. The van der Waals surface area contributed by atoms with Crippen molar-refractivity contribution >= 4 is 17.6 Å². The first-order valence-electron chi connectivity index (χ1n) is 12.6. The van der Waals surface area contributed by atoms with Gasteiger partial charge in [-0.25, -0.2) is 4.79 Å². The van der Waals surface area contributed by atoms with Crippen molar-refractivity contribution in [3.05, 3.63) is 137 Å². The highest BCUT2D eigenvalue weighted by Gasteiger charge is 2.53. The number of esters is 1. The van der Waals surface area contributed by atoms with Gasteiger partial charge in [0.05, 0.1) is 5.56 Å². The lowest BCUT2D eigenvalue weighted by atomic mass is 9.77. The Morgan fingerprint density at radius 1 is 0.675 bits per heavy atom. The van der Waals surface area contributed by atoms with Gasteiger partial charge in [-0.1, -0.05) is 54.6 Å². The molecule has 2 aliphatic rings. The number of benzene rings is 5. The van der Waals surface area contributed by atoms with Crippen LogP contribution in [0.25, 0.3) is 11.1 Å².